The molecular weight excluding hydrogens is 511 g/mol. The second-order valence-corrected chi connectivity index (χ2v) is 9.33. The van der Waals surface area contributed by atoms with Gasteiger partial charge in [-0.25, -0.2) is 9.59 Å². The summed E-state index contributed by atoms with van der Waals surface area (Å²) in [6.45, 7) is 0. The molecular formula is C22H10Cl2O9S. The van der Waals surface area contributed by atoms with Crippen LogP contribution in [-0.4, -0.2) is 46.7 Å². The molecule has 172 valence electrons. The number of rotatable bonds is 4. The van der Waals surface area contributed by atoms with E-state index in [-0.39, 0.29) is 16.0 Å². The maximum absolute atomic E-state index is 13.3. The van der Waals surface area contributed by atoms with Crippen molar-refractivity contribution in [1.29, 1.82) is 0 Å². The Kier molecular flexibility index (Phi) is 5.57. The van der Waals surface area contributed by atoms with Crippen molar-refractivity contribution < 1.29 is 42.4 Å². The molecule has 1 aliphatic rings. The first kappa shape index (κ1) is 23.6. The highest BCUT2D eigenvalue weighted by atomic mass is 35.5. The molecule has 12 heteroatoms. The number of carbonyl (C=O) groups is 4. The Balaban J connectivity index is 1.93. The van der Waals surface area contributed by atoms with Gasteiger partial charge in [0.2, 0.25) is 0 Å². The average molecular weight is 521 g/mol. The molecule has 3 aromatic carbocycles. The molecule has 0 heterocycles. The summed E-state index contributed by atoms with van der Waals surface area (Å²) >= 11 is 12.2. The molecule has 0 aromatic heterocycles. The van der Waals surface area contributed by atoms with Gasteiger partial charge in [0.25, 0.3) is 10.1 Å². The van der Waals surface area contributed by atoms with Crippen LogP contribution in [0.4, 0.5) is 0 Å². The van der Waals surface area contributed by atoms with Crippen LogP contribution in [0.3, 0.4) is 0 Å². The van der Waals surface area contributed by atoms with Gasteiger partial charge >= 0.3 is 11.9 Å². The van der Waals surface area contributed by atoms with Gasteiger partial charge in [0, 0.05) is 11.1 Å². The van der Waals surface area contributed by atoms with Crippen LogP contribution in [0.15, 0.2) is 47.4 Å². The Hall–Kier alpha value is -3.57. The van der Waals surface area contributed by atoms with E-state index in [0.717, 1.165) is 12.1 Å². The van der Waals surface area contributed by atoms with E-state index in [0.29, 0.717) is 11.1 Å². The van der Waals surface area contributed by atoms with Gasteiger partial charge in [-0.2, -0.15) is 8.42 Å². The first-order valence-corrected chi connectivity index (χ1v) is 11.4. The maximum atomic E-state index is 13.3. The van der Waals surface area contributed by atoms with Gasteiger partial charge in [-0.05, 0) is 35.4 Å². The van der Waals surface area contributed by atoms with Crippen LogP contribution >= 0.6 is 23.2 Å². The number of hydrogen-bond donors (Lipinski definition) is 3. The second kappa shape index (κ2) is 8.03. The predicted octanol–water partition coefficient (Wildman–Crippen LogP) is 4.08. The topological polar surface area (TPSA) is 163 Å². The van der Waals surface area contributed by atoms with Gasteiger partial charge in [0.15, 0.2) is 11.6 Å². The number of carboxylic acid groups (broad SMARTS) is 2. The van der Waals surface area contributed by atoms with Crippen LogP contribution < -0.4 is 0 Å². The third-order valence-electron chi connectivity index (χ3n) is 5.25. The van der Waals surface area contributed by atoms with Crippen molar-refractivity contribution >= 4 is 56.8 Å². The van der Waals surface area contributed by atoms with Gasteiger partial charge in [-0.15, -0.1) is 0 Å². The van der Waals surface area contributed by atoms with Gasteiger partial charge in [-0.1, -0.05) is 41.4 Å². The van der Waals surface area contributed by atoms with E-state index in [2.05, 4.69) is 0 Å². The van der Waals surface area contributed by atoms with Crippen molar-refractivity contribution in [3.63, 3.8) is 0 Å². The molecule has 0 bridgehead atoms. The number of aromatic carboxylic acids is 2. The van der Waals surface area contributed by atoms with E-state index in [1.165, 1.54) is 30.3 Å². The summed E-state index contributed by atoms with van der Waals surface area (Å²) in [5, 5.41) is 17.5. The SMILES string of the molecule is O=C(O)c1c(Cl)c2c(c(Cl)c1C(=O)O)C(=O)c1cc(-c3ccc(S(=O)(=O)O)cc3)ccc1C2=O. The number of carbonyl (C=O) groups excluding carboxylic acids is 2. The highest BCUT2D eigenvalue weighted by Gasteiger charge is 2.39. The lowest BCUT2D eigenvalue weighted by molar-refractivity contribution is 0.0651. The molecule has 3 aromatic rings. The lowest BCUT2D eigenvalue weighted by Crippen LogP contribution is -2.25. The fourth-order valence-corrected chi connectivity index (χ4v) is 4.91. The largest absolute Gasteiger partial charge is 0.478 e. The lowest BCUT2D eigenvalue weighted by Gasteiger charge is -2.22. The van der Waals surface area contributed by atoms with Crippen molar-refractivity contribution in [2.45, 2.75) is 4.90 Å². The normalized spacial score (nSPS) is 12.8. The van der Waals surface area contributed by atoms with Crippen LogP contribution in [0.25, 0.3) is 11.1 Å². The summed E-state index contributed by atoms with van der Waals surface area (Å²) < 4.78 is 31.6. The molecule has 0 saturated heterocycles. The fraction of sp³-hybridized carbons (Fsp3) is 0. The first-order valence-electron chi connectivity index (χ1n) is 9.17. The zero-order valence-corrected chi connectivity index (χ0v) is 18.8. The van der Waals surface area contributed by atoms with Crippen molar-refractivity contribution in [2.24, 2.45) is 0 Å². The van der Waals surface area contributed by atoms with Crippen LogP contribution in [0.2, 0.25) is 10.0 Å². The number of ketones is 2. The summed E-state index contributed by atoms with van der Waals surface area (Å²) in [6, 6.07) is 9.15. The molecule has 0 amide bonds. The summed E-state index contributed by atoms with van der Waals surface area (Å²) in [6.07, 6.45) is 0. The Morgan fingerprint density at radius 1 is 0.706 bits per heavy atom. The lowest BCUT2D eigenvalue weighted by atomic mass is 9.80. The Morgan fingerprint density at radius 2 is 1.15 bits per heavy atom. The number of hydrogen-bond acceptors (Lipinski definition) is 6. The van der Waals surface area contributed by atoms with E-state index in [1.807, 2.05) is 0 Å². The monoisotopic (exact) mass is 520 g/mol. The zero-order valence-electron chi connectivity index (χ0n) is 16.5. The summed E-state index contributed by atoms with van der Waals surface area (Å²) in [5.74, 6) is -5.13. The quantitative estimate of drug-likeness (QED) is 0.336. The first-order chi connectivity index (χ1) is 15.8. The van der Waals surface area contributed by atoms with Crippen molar-refractivity contribution in [3.05, 3.63) is 85.9 Å². The number of halogens is 2. The minimum absolute atomic E-state index is 0.104. The molecule has 3 N–H and O–H groups in total. The van der Waals surface area contributed by atoms with E-state index < -0.39 is 65.9 Å². The van der Waals surface area contributed by atoms with Crippen molar-refractivity contribution in [2.75, 3.05) is 0 Å². The third-order valence-corrected chi connectivity index (χ3v) is 6.88. The van der Waals surface area contributed by atoms with Crippen molar-refractivity contribution in [3.8, 4) is 11.1 Å². The van der Waals surface area contributed by atoms with Crippen LogP contribution in [0, 0.1) is 0 Å². The number of fused-ring (bicyclic) bond motifs is 2. The standard InChI is InChI=1S/C22H10Cl2O9S/c23-17-13-14(18(24)16(22(29)30)15(17)21(27)28)20(26)12-7-9(3-6-11(12)19(13)25)8-1-4-10(5-2-8)34(31,32)33/h1-7H,(H,27,28)(H,29,30)(H,31,32,33). The smallest absolute Gasteiger partial charge is 0.338 e. The zero-order chi connectivity index (χ0) is 25.1. The summed E-state index contributed by atoms with van der Waals surface area (Å²) in [5.41, 5.74) is -2.25. The molecule has 0 aliphatic heterocycles. The average Bonchev–Trinajstić information content (AvgIpc) is 2.77. The van der Waals surface area contributed by atoms with Gasteiger partial charge in [0.05, 0.1) is 37.2 Å². The van der Waals surface area contributed by atoms with E-state index in [4.69, 9.17) is 27.8 Å². The van der Waals surface area contributed by atoms with Crippen molar-refractivity contribution in [1.82, 2.24) is 0 Å². The minimum atomic E-state index is -4.41. The van der Waals surface area contributed by atoms with Gasteiger partial charge in [-0.3, -0.25) is 14.1 Å². The molecule has 0 radical (unpaired) electrons. The molecule has 9 nitrogen and oxygen atoms in total. The highest BCUT2D eigenvalue weighted by molar-refractivity contribution is 7.85. The molecule has 0 spiro atoms. The van der Waals surface area contributed by atoms with E-state index >= 15 is 0 Å². The third kappa shape index (κ3) is 3.57. The fourth-order valence-electron chi connectivity index (χ4n) is 3.72. The summed E-state index contributed by atoms with van der Waals surface area (Å²) in [7, 11) is -4.41. The van der Waals surface area contributed by atoms with Gasteiger partial charge in [0.1, 0.15) is 0 Å². The minimum Gasteiger partial charge on any atom is -0.478 e. The molecule has 0 atom stereocenters. The van der Waals surface area contributed by atoms with Crippen LogP contribution in [0.5, 0.6) is 0 Å². The maximum Gasteiger partial charge on any atom is 0.338 e. The van der Waals surface area contributed by atoms with Crippen LogP contribution in [-0.2, 0) is 10.1 Å². The molecule has 0 saturated carbocycles. The molecule has 4 rings (SSSR count). The Bertz CT molecular complexity index is 1570. The second-order valence-electron chi connectivity index (χ2n) is 7.16. The Morgan fingerprint density at radius 3 is 1.59 bits per heavy atom. The summed E-state index contributed by atoms with van der Waals surface area (Å²) in [4.78, 5) is 49.5. The number of benzene rings is 3. The molecule has 0 fully saturated rings. The van der Waals surface area contributed by atoms with E-state index in [1.54, 1.807) is 0 Å². The highest BCUT2D eigenvalue weighted by Crippen LogP contribution is 2.41. The molecule has 0 unspecified atom stereocenters. The molecule has 34 heavy (non-hydrogen) atoms. The van der Waals surface area contributed by atoms with E-state index in [9.17, 15) is 37.8 Å². The predicted molar refractivity (Wildman–Crippen MR) is 119 cm³/mol. The number of carboxylic acids is 2. The Labute approximate surface area is 200 Å². The van der Waals surface area contributed by atoms with Gasteiger partial charge < -0.3 is 10.2 Å². The van der Waals surface area contributed by atoms with Crippen LogP contribution in [0.1, 0.15) is 52.6 Å². The molecule has 1 aliphatic carbocycles.